The lowest BCUT2D eigenvalue weighted by Crippen LogP contribution is -2.45. The van der Waals surface area contributed by atoms with Gasteiger partial charge in [-0.05, 0) is 41.9 Å². The average molecular weight is 853 g/mol. The third-order valence-electron chi connectivity index (χ3n) is 10.1. The zero-order valence-electron chi connectivity index (χ0n) is 32.3. The third-order valence-corrected chi connectivity index (χ3v) is 10.9. The zero-order chi connectivity index (χ0) is 41.5. The highest BCUT2D eigenvalue weighted by Gasteiger charge is 2.34. The molecule has 3 N–H and O–H groups in total. The number of morpholine rings is 1. The summed E-state index contributed by atoms with van der Waals surface area (Å²) in [4.78, 5) is 42.2. The van der Waals surface area contributed by atoms with Gasteiger partial charge in [0.15, 0.2) is 0 Å². The van der Waals surface area contributed by atoms with Gasteiger partial charge >= 0.3 is 6.18 Å². The molecule has 2 aromatic carbocycles. The molecule has 0 atom stereocenters. The van der Waals surface area contributed by atoms with Crippen molar-refractivity contribution in [3.05, 3.63) is 99.8 Å². The van der Waals surface area contributed by atoms with Gasteiger partial charge in [0, 0.05) is 76.5 Å². The minimum Gasteiger partial charge on any atom is -0.495 e. The molecular formula is C40H42Cl2F3N11O3. The van der Waals surface area contributed by atoms with Crippen LogP contribution in [0.3, 0.4) is 0 Å². The maximum absolute atomic E-state index is 14.4. The summed E-state index contributed by atoms with van der Waals surface area (Å²) >= 11 is 13.6. The minimum atomic E-state index is -4.65. The number of halogens is 5. The fourth-order valence-corrected chi connectivity index (χ4v) is 7.45. The number of amides is 1. The van der Waals surface area contributed by atoms with E-state index in [4.69, 9.17) is 32.7 Å². The number of hydrogen-bond donors (Lipinski definition) is 3. The van der Waals surface area contributed by atoms with Gasteiger partial charge in [0.1, 0.15) is 40.9 Å². The van der Waals surface area contributed by atoms with Crippen LogP contribution in [0.25, 0.3) is 11.3 Å². The van der Waals surface area contributed by atoms with Crippen molar-refractivity contribution in [2.24, 2.45) is 0 Å². The molecular weight excluding hydrogens is 810 g/mol. The molecule has 1 amide bonds. The molecule has 0 bridgehead atoms. The lowest BCUT2D eigenvalue weighted by atomic mass is 10.0. The van der Waals surface area contributed by atoms with Gasteiger partial charge in [-0.1, -0.05) is 42.3 Å². The number of benzene rings is 2. The summed E-state index contributed by atoms with van der Waals surface area (Å²) in [7, 11) is 1.36. The van der Waals surface area contributed by atoms with Crippen molar-refractivity contribution in [3.63, 3.8) is 0 Å². The van der Waals surface area contributed by atoms with Crippen molar-refractivity contribution < 1.29 is 27.4 Å². The number of piperazine rings is 1. The number of hydrogen-bond acceptors (Lipinski definition) is 13. The Bertz CT molecular complexity index is 2260. The monoisotopic (exact) mass is 851 g/mol. The Hall–Kier alpha value is -5.17. The molecule has 2 aliphatic heterocycles. The first-order valence-electron chi connectivity index (χ1n) is 18.9. The topological polar surface area (TPSA) is 146 Å². The molecule has 14 nitrogen and oxygen atoms in total. The zero-order valence-corrected chi connectivity index (χ0v) is 33.8. The molecule has 0 spiro atoms. The molecule has 2 aliphatic rings. The van der Waals surface area contributed by atoms with Crippen LogP contribution in [0.1, 0.15) is 34.0 Å². The summed E-state index contributed by atoms with van der Waals surface area (Å²) in [6.07, 6.45) is 1.37. The van der Waals surface area contributed by atoms with Crippen LogP contribution in [0.15, 0.2) is 67.5 Å². The van der Waals surface area contributed by atoms with E-state index in [0.717, 1.165) is 64.1 Å². The normalized spacial score (nSPS) is 15.5. The SMILES string of the molecule is CCN1CCN(Cc2ccc(NC(=O)c3cc(OC)c(Cl)c(Nc4ncncc4-c4cc(Nc5ccc(CN6CCOCC6)cn5)ncn4)c3Cl)cc2C(F)(F)F)CC1. The van der Waals surface area contributed by atoms with Crippen molar-refractivity contribution in [1.82, 2.24) is 39.6 Å². The molecule has 7 rings (SSSR count). The predicted octanol–water partition coefficient (Wildman–Crippen LogP) is 7.37. The molecule has 19 heteroatoms. The van der Waals surface area contributed by atoms with E-state index >= 15 is 0 Å². The molecule has 0 saturated carbocycles. The highest BCUT2D eigenvalue weighted by Crippen LogP contribution is 2.43. The highest BCUT2D eigenvalue weighted by molar-refractivity contribution is 6.42. The summed E-state index contributed by atoms with van der Waals surface area (Å²) in [6, 6.07) is 10.7. The van der Waals surface area contributed by atoms with Crippen LogP contribution >= 0.6 is 23.2 Å². The highest BCUT2D eigenvalue weighted by atomic mass is 35.5. The number of alkyl halides is 3. The molecule has 0 unspecified atom stereocenters. The number of carbonyl (C=O) groups is 1. The Kier molecular flexibility index (Phi) is 13.4. The number of anilines is 5. The van der Waals surface area contributed by atoms with E-state index in [9.17, 15) is 18.0 Å². The third kappa shape index (κ3) is 10.4. The van der Waals surface area contributed by atoms with Crippen molar-refractivity contribution in [2.45, 2.75) is 26.2 Å². The Labute approximate surface area is 349 Å². The van der Waals surface area contributed by atoms with Crippen molar-refractivity contribution in [2.75, 3.05) is 82.1 Å². The van der Waals surface area contributed by atoms with E-state index < -0.39 is 17.6 Å². The molecule has 310 valence electrons. The summed E-state index contributed by atoms with van der Waals surface area (Å²) in [6.45, 7) is 9.95. The van der Waals surface area contributed by atoms with Crippen LogP contribution < -0.4 is 20.7 Å². The van der Waals surface area contributed by atoms with Crippen LogP contribution in [0.2, 0.25) is 10.0 Å². The molecule has 0 aliphatic carbocycles. The van der Waals surface area contributed by atoms with Gasteiger partial charge < -0.3 is 30.3 Å². The molecule has 5 heterocycles. The lowest BCUT2D eigenvalue weighted by Gasteiger charge is -2.34. The number of rotatable bonds is 13. The Balaban J connectivity index is 1.09. The van der Waals surface area contributed by atoms with Gasteiger partial charge in [-0.3, -0.25) is 14.6 Å². The number of nitrogens with one attached hydrogen (secondary N) is 3. The van der Waals surface area contributed by atoms with E-state index in [0.29, 0.717) is 36.0 Å². The molecule has 2 fully saturated rings. The fourth-order valence-electron chi connectivity index (χ4n) is 6.84. The second-order valence-electron chi connectivity index (χ2n) is 13.9. The van der Waals surface area contributed by atoms with Gasteiger partial charge in [0.25, 0.3) is 5.91 Å². The number of nitrogens with zero attached hydrogens (tertiary/aromatic N) is 8. The van der Waals surface area contributed by atoms with Gasteiger partial charge in [-0.2, -0.15) is 13.2 Å². The number of carbonyl (C=O) groups excluding carboxylic acids is 1. The maximum atomic E-state index is 14.4. The molecule has 0 radical (unpaired) electrons. The minimum absolute atomic E-state index is 0.0234. The van der Waals surface area contributed by atoms with Gasteiger partial charge in [-0.15, -0.1) is 0 Å². The van der Waals surface area contributed by atoms with Crippen LogP contribution in [0.4, 0.5) is 42.0 Å². The summed E-state index contributed by atoms with van der Waals surface area (Å²) in [5.41, 5.74) is 1.10. The Morgan fingerprint density at radius 3 is 2.31 bits per heavy atom. The summed E-state index contributed by atoms with van der Waals surface area (Å²) < 4.78 is 54.0. The van der Waals surface area contributed by atoms with E-state index in [1.54, 1.807) is 6.07 Å². The first kappa shape index (κ1) is 42.0. The Morgan fingerprint density at radius 1 is 0.831 bits per heavy atom. The van der Waals surface area contributed by atoms with Crippen LogP contribution in [-0.4, -0.2) is 112 Å². The summed E-state index contributed by atoms with van der Waals surface area (Å²) in [5, 5.41) is 8.75. The number of pyridine rings is 1. The van der Waals surface area contributed by atoms with Gasteiger partial charge in [0.05, 0.1) is 53.4 Å². The van der Waals surface area contributed by atoms with Crippen LogP contribution in [0, 0.1) is 0 Å². The Morgan fingerprint density at radius 2 is 1.59 bits per heavy atom. The predicted molar refractivity (Wildman–Crippen MR) is 220 cm³/mol. The average Bonchev–Trinajstić information content (AvgIpc) is 3.24. The van der Waals surface area contributed by atoms with Crippen molar-refractivity contribution in [1.29, 1.82) is 0 Å². The first-order valence-corrected chi connectivity index (χ1v) is 19.7. The van der Waals surface area contributed by atoms with E-state index in [-0.39, 0.29) is 50.7 Å². The quantitative estimate of drug-likeness (QED) is 0.109. The molecule has 59 heavy (non-hydrogen) atoms. The molecule has 5 aromatic rings. The smallest absolute Gasteiger partial charge is 0.416 e. The second kappa shape index (κ2) is 18.8. The van der Waals surface area contributed by atoms with E-state index in [2.05, 4.69) is 57.6 Å². The molecule has 3 aromatic heterocycles. The molecule has 2 saturated heterocycles. The first-order chi connectivity index (χ1) is 28.5. The van der Waals surface area contributed by atoms with Crippen LogP contribution in [-0.2, 0) is 24.0 Å². The van der Waals surface area contributed by atoms with Crippen LogP contribution in [0.5, 0.6) is 5.75 Å². The number of aromatic nitrogens is 5. The summed E-state index contributed by atoms with van der Waals surface area (Å²) in [5.74, 6) is 0.536. The van der Waals surface area contributed by atoms with E-state index in [1.807, 2.05) is 23.2 Å². The second-order valence-corrected chi connectivity index (χ2v) is 14.7. The largest absolute Gasteiger partial charge is 0.495 e. The van der Waals surface area contributed by atoms with E-state index in [1.165, 1.54) is 44.2 Å². The number of likely N-dealkylation sites (N-methyl/N-ethyl adjacent to an activating group) is 1. The standard InChI is InChI=1S/C40H42Cl2F3N11O3/c1-3-54-8-10-55(11-9-54)22-26-5-6-27(16-30(26)40(43,44)45)51-39(57)28-17-32(58-2)36(42)37(35(28)41)53-38-29(20-46-23-50-38)31-18-34(49-24-48-31)52-33-7-4-25(19-47-33)21-56-12-14-59-15-13-56/h4-7,16-20,23-24H,3,8-15,21-22H2,1-2H3,(H,51,57)(H,46,50,53)(H,47,48,49,52). The number of ether oxygens (including phenoxy) is 2. The van der Waals surface area contributed by atoms with Crippen molar-refractivity contribution >= 4 is 57.9 Å². The number of methoxy groups -OCH3 is 1. The van der Waals surface area contributed by atoms with Gasteiger partial charge in [0.2, 0.25) is 0 Å². The van der Waals surface area contributed by atoms with Gasteiger partial charge in [-0.25, -0.2) is 24.9 Å². The maximum Gasteiger partial charge on any atom is 0.416 e. The lowest BCUT2D eigenvalue weighted by molar-refractivity contribution is -0.138. The van der Waals surface area contributed by atoms with Crippen molar-refractivity contribution in [3.8, 4) is 17.0 Å². The fraction of sp³-hybridized carbons (Fsp3) is 0.350.